The lowest BCUT2D eigenvalue weighted by atomic mass is 9.94. The lowest BCUT2D eigenvalue weighted by Gasteiger charge is -2.15. The van der Waals surface area contributed by atoms with Crippen molar-refractivity contribution in [3.63, 3.8) is 0 Å². The van der Waals surface area contributed by atoms with Crippen LogP contribution in [-0.2, 0) is 6.42 Å². The molecule has 2 heteroatoms. The van der Waals surface area contributed by atoms with Gasteiger partial charge < -0.3 is 4.74 Å². The second-order valence-electron chi connectivity index (χ2n) is 5.53. The molecule has 2 aromatic carbocycles. The van der Waals surface area contributed by atoms with Gasteiger partial charge in [-0.1, -0.05) is 48.0 Å². The van der Waals surface area contributed by atoms with Crippen molar-refractivity contribution < 1.29 is 4.74 Å². The first-order valence-corrected chi connectivity index (χ1v) is 8.45. The van der Waals surface area contributed by atoms with E-state index in [4.69, 9.17) is 4.74 Å². The third-order valence-electron chi connectivity index (χ3n) is 3.77. The molecule has 1 nitrogen and oxygen atoms in total. The van der Waals surface area contributed by atoms with Gasteiger partial charge in [-0.15, -0.1) is 0 Å². The molecule has 0 aliphatic carbocycles. The average molecular weight is 335 g/mol. The summed E-state index contributed by atoms with van der Waals surface area (Å²) in [6.45, 7) is 4.42. The Morgan fingerprint density at radius 3 is 2.60 bits per heavy atom. The van der Waals surface area contributed by atoms with Gasteiger partial charge in [-0.3, -0.25) is 0 Å². The van der Waals surface area contributed by atoms with Crippen LogP contribution in [0.3, 0.4) is 0 Å². The summed E-state index contributed by atoms with van der Waals surface area (Å²) in [4.78, 5) is 0. The van der Waals surface area contributed by atoms with Gasteiger partial charge in [0.2, 0.25) is 0 Å². The molecular formula is C18H23BrO. The smallest absolute Gasteiger partial charge is 0.122 e. The molecule has 0 bridgehead atoms. The summed E-state index contributed by atoms with van der Waals surface area (Å²) in [5.74, 6) is 1.49. The van der Waals surface area contributed by atoms with Gasteiger partial charge in [-0.25, -0.2) is 0 Å². The minimum absolute atomic E-state index is 0.478. The van der Waals surface area contributed by atoms with E-state index < -0.39 is 0 Å². The third kappa shape index (κ3) is 3.35. The molecule has 0 saturated carbocycles. The molecule has 2 rings (SSSR count). The number of fused-ring (bicyclic) bond motifs is 1. The van der Waals surface area contributed by atoms with E-state index in [1.807, 2.05) is 0 Å². The Labute approximate surface area is 130 Å². The number of hydrogen-bond acceptors (Lipinski definition) is 1. The number of methoxy groups -OCH3 is 1. The molecule has 20 heavy (non-hydrogen) atoms. The predicted octanol–water partition coefficient (Wildman–Crippen LogP) is 5.69. The Balaban J connectivity index is 2.46. The monoisotopic (exact) mass is 334 g/mol. The number of hydrogen-bond donors (Lipinski definition) is 0. The van der Waals surface area contributed by atoms with Crippen LogP contribution in [0.1, 0.15) is 43.7 Å². The van der Waals surface area contributed by atoms with Crippen molar-refractivity contribution in [2.75, 3.05) is 12.4 Å². The molecule has 0 atom stereocenters. The van der Waals surface area contributed by atoms with Gasteiger partial charge in [0, 0.05) is 5.33 Å². The van der Waals surface area contributed by atoms with E-state index in [1.54, 1.807) is 7.11 Å². The molecule has 0 aliphatic heterocycles. The predicted molar refractivity (Wildman–Crippen MR) is 91.3 cm³/mol. The maximum Gasteiger partial charge on any atom is 0.122 e. The molecule has 0 radical (unpaired) electrons. The van der Waals surface area contributed by atoms with Gasteiger partial charge in [-0.05, 0) is 59.2 Å². The lowest BCUT2D eigenvalue weighted by Crippen LogP contribution is -1.96. The Morgan fingerprint density at radius 2 is 1.95 bits per heavy atom. The van der Waals surface area contributed by atoms with E-state index >= 15 is 0 Å². The average Bonchev–Trinajstić information content (AvgIpc) is 2.46. The van der Waals surface area contributed by atoms with Crippen LogP contribution in [-0.4, -0.2) is 12.4 Å². The van der Waals surface area contributed by atoms with Crippen molar-refractivity contribution >= 4 is 26.7 Å². The first-order valence-electron chi connectivity index (χ1n) is 7.33. The zero-order valence-electron chi connectivity index (χ0n) is 12.6. The van der Waals surface area contributed by atoms with E-state index in [-0.39, 0.29) is 0 Å². The first-order chi connectivity index (χ1) is 9.67. The number of unbranched alkanes of at least 4 members (excludes halogenated alkanes) is 1. The molecule has 0 heterocycles. The second-order valence-corrected chi connectivity index (χ2v) is 6.33. The van der Waals surface area contributed by atoms with Crippen LogP contribution in [0.25, 0.3) is 10.8 Å². The molecule has 0 saturated heterocycles. The quantitative estimate of drug-likeness (QED) is 0.487. The third-order valence-corrected chi connectivity index (χ3v) is 4.33. The fourth-order valence-corrected chi connectivity index (χ4v) is 3.04. The molecule has 108 valence electrons. The summed E-state index contributed by atoms with van der Waals surface area (Å²) >= 11 is 3.50. The molecule has 0 N–H and O–H groups in total. The minimum Gasteiger partial charge on any atom is -0.496 e. The zero-order chi connectivity index (χ0) is 14.5. The van der Waals surface area contributed by atoms with Crippen LogP contribution in [0.5, 0.6) is 5.75 Å². The van der Waals surface area contributed by atoms with Crippen LogP contribution < -0.4 is 4.74 Å². The highest BCUT2D eigenvalue weighted by atomic mass is 79.9. The Hall–Kier alpha value is -1.02. The molecule has 0 spiro atoms. The SMILES string of the molecule is COc1cc2c(CCCCBr)cccc2cc1C(C)C. The van der Waals surface area contributed by atoms with E-state index in [0.29, 0.717) is 5.92 Å². The van der Waals surface area contributed by atoms with Gasteiger partial charge in [-0.2, -0.15) is 0 Å². The van der Waals surface area contributed by atoms with Gasteiger partial charge >= 0.3 is 0 Å². The fraction of sp³-hybridized carbons (Fsp3) is 0.444. The second kappa shape index (κ2) is 7.12. The summed E-state index contributed by atoms with van der Waals surface area (Å²) in [7, 11) is 1.76. The van der Waals surface area contributed by atoms with Gasteiger partial charge in [0.1, 0.15) is 5.75 Å². The lowest BCUT2D eigenvalue weighted by molar-refractivity contribution is 0.408. The number of ether oxygens (including phenoxy) is 1. The van der Waals surface area contributed by atoms with Crippen LogP contribution in [0.2, 0.25) is 0 Å². The summed E-state index contributed by atoms with van der Waals surface area (Å²) in [5, 5.41) is 3.74. The van der Waals surface area contributed by atoms with Gasteiger partial charge in [0.25, 0.3) is 0 Å². The molecule has 0 aliphatic rings. The zero-order valence-corrected chi connectivity index (χ0v) is 14.2. The molecule has 0 aromatic heterocycles. The van der Waals surface area contributed by atoms with Gasteiger partial charge in [0.15, 0.2) is 0 Å². The number of rotatable bonds is 6. The molecule has 0 unspecified atom stereocenters. The normalized spacial score (nSPS) is 11.2. The highest BCUT2D eigenvalue weighted by Gasteiger charge is 2.10. The van der Waals surface area contributed by atoms with E-state index in [9.17, 15) is 0 Å². The summed E-state index contributed by atoms with van der Waals surface area (Å²) in [6, 6.07) is 11.1. The number of aryl methyl sites for hydroxylation is 1. The van der Waals surface area contributed by atoms with Crippen molar-refractivity contribution in [1.82, 2.24) is 0 Å². The highest BCUT2D eigenvalue weighted by molar-refractivity contribution is 9.09. The fourth-order valence-electron chi connectivity index (χ4n) is 2.64. The standard InChI is InChI=1S/C18H23BrO/c1-13(2)16-11-15-9-6-8-14(7-4-5-10-19)17(15)12-18(16)20-3/h6,8-9,11-13H,4-5,7,10H2,1-3H3. The first kappa shape index (κ1) is 15.4. The van der Waals surface area contributed by atoms with Crippen molar-refractivity contribution in [1.29, 1.82) is 0 Å². The molecule has 0 amide bonds. The number of halogens is 1. The van der Waals surface area contributed by atoms with E-state index in [0.717, 1.165) is 17.5 Å². The maximum absolute atomic E-state index is 5.59. The van der Waals surface area contributed by atoms with Crippen LogP contribution in [0.15, 0.2) is 30.3 Å². The maximum atomic E-state index is 5.59. The Kier molecular flexibility index (Phi) is 5.47. The van der Waals surface area contributed by atoms with Crippen LogP contribution in [0.4, 0.5) is 0 Å². The Bertz CT molecular complexity index is 575. The van der Waals surface area contributed by atoms with Crippen molar-refractivity contribution in [3.8, 4) is 5.75 Å². The summed E-state index contributed by atoms with van der Waals surface area (Å²) < 4.78 is 5.59. The van der Waals surface area contributed by atoms with Gasteiger partial charge in [0.05, 0.1) is 7.11 Å². The van der Waals surface area contributed by atoms with Crippen LogP contribution in [0, 0.1) is 0 Å². The highest BCUT2D eigenvalue weighted by Crippen LogP contribution is 2.33. The van der Waals surface area contributed by atoms with Crippen molar-refractivity contribution in [2.45, 2.75) is 39.0 Å². The van der Waals surface area contributed by atoms with Crippen LogP contribution >= 0.6 is 15.9 Å². The molecule has 2 aromatic rings. The summed E-state index contributed by atoms with van der Waals surface area (Å²) in [5.41, 5.74) is 2.72. The number of benzene rings is 2. The van der Waals surface area contributed by atoms with E-state index in [2.05, 4.69) is 60.1 Å². The molecular weight excluding hydrogens is 312 g/mol. The van der Waals surface area contributed by atoms with E-state index in [1.165, 1.54) is 34.7 Å². The summed E-state index contributed by atoms with van der Waals surface area (Å²) in [6.07, 6.45) is 3.57. The van der Waals surface area contributed by atoms with Crippen molar-refractivity contribution in [2.24, 2.45) is 0 Å². The largest absolute Gasteiger partial charge is 0.496 e. The molecule has 0 fully saturated rings. The number of alkyl halides is 1. The topological polar surface area (TPSA) is 9.23 Å². The Morgan fingerprint density at radius 1 is 1.15 bits per heavy atom. The van der Waals surface area contributed by atoms with Crippen molar-refractivity contribution in [3.05, 3.63) is 41.5 Å². The minimum atomic E-state index is 0.478.